The second-order valence-corrected chi connectivity index (χ2v) is 11.7. The lowest BCUT2D eigenvalue weighted by atomic mass is 9.85. The minimum atomic E-state index is 1.14. The predicted octanol–water partition coefficient (Wildman–Crippen LogP) is 12.6. The summed E-state index contributed by atoms with van der Waals surface area (Å²) < 4.78 is 2.34. The van der Waals surface area contributed by atoms with Gasteiger partial charge in [-0.25, -0.2) is 0 Å². The van der Waals surface area contributed by atoms with Crippen LogP contribution in [0.15, 0.2) is 164 Å². The highest BCUT2D eigenvalue weighted by molar-refractivity contribution is 6.22. The Hall–Kier alpha value is -5.92. The van der Waals surface area contributed by atoms with Gasteiger partial charge in [0.2, 0.25) is 0 Å². The molecule has 7 aromatic carbocycles. The summed E-state index contributed by atoms with van der Waals surface area (Å²) in [5, 5.41) is 6.20. The standard InChI is InChI=1S/C45H33N/c1-3-15-42-36(4-2)41-30-34(28-29-43(41)46(42)35-18-9-6-10-19-35)45-39-22-13-11-20-37(39)44(38-21-12-14-23-40(38)45)33-26-24-32(25-27-33)31-16-7-5-8-17-31/h3-30H,2H2,1H3/b15-3-. The Morgan fingerprint density at radius 3 is 1.52 bits per heavy atom. The molecule has 218 valence electrons. The fourth-order valence-electron chi connectivity index (χ4n) is 7.09. The summed E-state index contributed by atoms with van der Waals surface area (Å²) in [6.45, 7) is 6.33. The van der Waals surface area contributed by atoms with Gasteiger partial charge in [-0.05, 0) is 92.2 Å². The van der Waals surface area contributed by atoms with Crippen molar-refractivity contribution in [2.24, 2.45) is 0 Å². The van der Waals surface area contributed by atoms with Crippen LogP contribution in [0.2, 0.25) is 0 Å². The molecule has 8 rings (SSSR count). The molecule has 1 aromatic heterocycles. The fraction of sp³-hybridized carbons (Fsp3) is 0.0222. The van der Waals surface area contributed by atoms with Crippen LogP contribution in [0.5, 0.6) is 0 Å². The molecule has 0 unspecified atom stereocenters. The van der Waals surface area contributed by atoms with Gasteiger partial charge >= 0.3 is 0 Å². The summed E-state index contributed by atoms with van der Waals surface area (Å²) in [5.74, 6) is 0. The molecule has 0 aliphatic rings. The molecule has 1 heteroatoms. The van der Waals surface area contributed by atoms with Gasteiger partial charge < -0.3 is 4.57 Å². The smallest absolute Gasteiger partial charge is 0.0541 e. The van der Waals surface area contributed by atoms with Crippen molar-refractivity contribution in [3.63, 3.8) is 0 Å². The summed E-state index contributed by atoms with van der Waals surface area (Å²) >= 11 is 0. The van der Waals surface area contributed by atoms with Gasteiger partial charge in [-0.3, -0.25) is 0 Å². The quantitative estimate of drug-likeness (QED) is 0.171. The zero-order valence-electron chi connectivity index (χ0n) is 25.8. The number of fused-ring (bicyclic) bond motifs is 3. The third-order valence-electron chi connectivity index (χ3n) is 9.09. The first-order chi connectivity index (χ1) is 22.8. The zero-order chi connectivity index (χ0) is 31.0. The van der Waals surface area contributed by atoms with E-state index in [1.165, 1.54) is 65.8 Å². The molecule has 0 bridgehead atoms. The Balaban J connectivity index is 1.38. The van der Waals surface area contributed by atoms with Crippen LogP contribution in [0.25, 0.3) is 83.7 Å². The first kappa shape index (κ1) is 27.6. The topological polar surface area (TPSA) is 4.93 Å². The highest BCUT2D eigenvalue weighted by Crippen LogP contribution is 2.45. The van der Waals surface area contributed by atoms with Crippen LogP contribution in [0.3, 0.4) is 0 Å². The fourth-order valence-corrected chi connectivity index (χ4v) is 7.09. The summed E-state index contributed by atoms with van der Waals surface area (Å²) in [6.07, 6.45) is 6.29. The van der Waals surface area contributed by atoms with E-state index in [1.807, 2.05) is 6.08 Å². The third-order valence-corrected chi connectivity index (χ3v) is 9.09. The normalized spacial score (nSPS) is 11.6. The van der Waals surface area contributed by atoms with Crippen molar-refractivity contribution in [1.29, 1.82) is 0 Å². The van der Waals surface area contributed by atoms with Gasteiger partial charge in [0.1, 0.15) is 0 Å². The van der Waals surface area contributed by atoms with Crippen molar-refractivity contribution in [1.82, 2.24) is 4.57 Å². The van der Waals surface area contributed by atoms with Crippen molar-refractivity contribution in [3.8, 4) is 39.1 Å². The SMILES string of the molecule is C=Cc1c(/C=C\C)n(-c2ccccc2)c2ccc(-c3c4ccccc4c(-c4ccc(-c5ccccc5)cc4)c4ccccc34)cc12. The Morgan fingerprint density at radius 2 is 0.957 bits per heavy atom. The highest BCUT2D eigenvalue weighted by Gasteiger charge is 2.19. The Bertz CT molecular complexity index is 2350. The van der Waals surface area contributed by atoms with Crippen LogP contribution in [-0.4, -0.2) is 4.57 Å². The largest absolute Gasteiger partial charge is 0.309 e. The van der Waals surface area contributed by atoms with E-state index in [9.17, 15) is 0 Å². The van der Waals surface area contributed by atoms with Crippen LogP contribution in [0.1, 0.15) is 18.2 Å². The molecule has 1 nitrogen and oxygen atoms in total. The molecule has 8 aromatic rings. The van der Waals surface area contributed by atoms with E-state index in [0.717, 1.165) is 16.9 Å². The zero-order valence-corrected chi connectivity index (χ0v) is 25.8. The van der Waals surface area contributed by atoms with Crippen molar-refractivity contribution in [3.05, 3.63) is 176 Å². The van der Waals surface area contributed by atoms with E-state index in [4.69, 9.17) is 0 Å². The maximum Gasteiger partial charge on any atom is 0.0541 e. The molecule has 0 amide bonds. The average molecular weight is 588 g/mol. The Kier molecular flexibility index (Phi) is 6.93. The molecule has 0 N–H and O–H groups in total. The second-order valence-electron chi connectivity index (χ2n) is 11.7. The van der Waals surface area contributed by atoms with Crippen molar-refractivity contribution < 1.29 is 0 Å². The summed E-state index contributed by atoms with van der Waals surface area (Å²) in [4.78, 5) is 0. The molecule has 0 aliphatic carbocycles. The molecule has 0 saturated carbocycles. The van der Waals surface area contributed by atoms with Crippen molar-refractivity contribution in [2.75, 3.05) is 0 Å². The molecule has 0 spiro atoms. The molecule has 1 heterocycles. The molecular formula is C45H33N. The number of hydrogen-bond acceptors (Lipinski definition) is 0. The molecule has 0 fully saturated rings. The Labute approximate surface area is 270 Å². The van der Waals surface area contributed by atoms with E-state index >= 15 is 0 Å². The minimum absolute atomic E-state index is 1.14. The minimum Gasteiger partial charge on any atom is -0.309 e. The van der Waals surface area contributed by atoms with E-state index < -0.39 is 0 Å². The lowest BCUT2D eigenvalue weighted by molar-refractivity contribution is 1.10. The monoisotopic (exact) mass is 587 g/mol. The third kappa shape index (κ3) is 4.48. The van der Waals surface area contributed by atoms with Crippen LogP contribution in [0.4, 0.5) is 0 Å². The number of allylic oxidation sites excluding steroid dienone is 1. The van der Waals surface area contributed by atoms with Crippen LogP contribution >= 0.6 is 0 Å². The van der Waals surface area contributed by atoms with Gasteiger partial charge in [-0.1, -0.05) is 146 Å². The predicted molar refractivity (Wildman–Crippen MR) is 199 cm³/mol. The number of hydrogen-bond donors (Lipinski definition) is 0. The van der Waals surface area contributed by atoms with Gasteiger partial charge in [-0.2, -0.15) is 0 Å². The van der Waals surface area contributed by atoms with E-state index in [1.54, 1.807) is 0 Å². The molecule has 0 atom stereocenters. The molecule has 0 radical (unpaired) electrons. The molecule has 46 heavy (non-hydrogen) atoms. The number of nitrogens with zero attached hydrogens (tertiary/aromatic N) is 1. The van der Waals surface area contributed by atoms with Gasteiger partial charge in [0.15, 0.2) is 0 Å². The maximum atomic E-state index is 4.26. The Morgan fingerprint density at radius 1 is 0.478 bits per heavy atom. The van der Waals surface area contributed by atoms with Gasteiger partial charge in [-0.15, -0.1) is 0 Å². The summed E-state index contributed by atoms with van der Waals surface area (Å²) in [7, 11) is 0. The van der Waals surface area contributed by atoms with E-state index in [2.05, 4.69) is 182 Å². The maximum absolute atomic E-state index is 4.26. The lowest BCUT2D eigenvalue weighted by Crippen LogP contribution is -1.96. The van der Waals surface area contributed by atoms with Crippen LogP contribution < -0.4 is 0 Å². The average Bonchev–Trinajstić information content (AvgIpc) is 3.43. The second kappa shape index (κ2) is 11.5. The van der Waals surface area contributed by atoms with E-state index in [-0.39, 0.29) is 0 Å². The molecular weight excluding hydrogens is 555 g/mol. The van der Waals surface area contributed by atoms with Crippen LogP contribution in [0, 0.1) is 0 Å². The number of rotatable bonds is 6. The van der Waals surface area contributed by atoms with Crippen molar-refractivity contribution >= 4 is 44.6 Å². The highest BCUT2D eigenvalue weighted by atomic mass is 15.0. The molecule has 0 aliphatic heterocycles. The van der Waals surface area contributed by atoms with Crippen molar-refractivity contribution in [2.45, 2.75) is 6.92 Å². The summed E-state index contributed by atoms with van der Waals surface area (Å²) in [6, 6.07) is 54.9. The number of benzene rings is 7. The number of aromatic nitrogens is 1. The number of para-hydroxylation sites is 1. The van der Waals surface area contributed by atoms with Gasteiger partial charge in [0, 0.05) is 16.6 Å². The molecule has 0 saturated heterocycles. The lowest BCUT2D eigenvalue weighted by Gasteiger charge is -2.18. The summed E-state index contributed by atoms with van der Waals surface area (Å²) in [5.41, 5.74) is 12.0. The van der Waals surface area contributed by atoms with Gasteiger partial charge in [0.25, 0.3) is 0 Å². The first-order valence-corrected chi connectivity index (χ1v) is 15.9. The van der Waals surface area contributed by atoms with Crippen LogP contribution in [-0.2, 0) is 0 Å². The first-order valence-electron chi connectivity index (χ1n) is 15.9. The van der Waals surface area contributed by atoms with Gasteiger partial charge in [0.05, 0.1) is 11.2 Å². The van der Waals surface area contributed by atoms with E-state index in [0.29, 0.717) is 0 Å².